The predicted molar refractivity (Wildman–Crippen MR) is 119 cm³/mol. The smallest absolute Gasteiger partial charge is 0.321 e. The average molecular weight is 402 g/mol. The molecule has 0 saturated carbocycles. The lowest BCUT2D eigenvalue weighted by Gasteiger charge is -2.11. The number of fused-ring (bicyclic) bond motifs is 1. The molecule has 6 nitrogen and oxygen atoms in total. The second-order valence-corrected chi connectivity index (χ2v) is 6.66. The van der Waals surface area contributed by atoms with E-state index in [1.165, 1.54) is 4.90 Å². The lowest BCUT2D eigenvalue weighted by Crippen LogP contribution is -2.27. The molecule has 30 heavy (non-hydrogen) atoms. The van der Waals surface area contributed by atoms with E-state index in [0.29, 0.717) is 16.5 Å². The molecule has 0 radical (unpaired) electrons. The van der Waals surface area contributed by atoms with Crippen LogP contribution in [0.2, 0.25) is 0 Å². The number of rotatable bonds is 2. The minimum atomic E-state index is -0.407. The fraction of sp³-hybridized carbons (Fsp3) is 0.0833. The number of aromatic hydroxyl groups is 1. The van der Waals surface area contributed by atoms with Crippen molar-refractivity contribution < 1.29 is 14.3 Å². The highest BCUT2D eigenvalue weighted by atomic mass is 16.4. The maximum atomic E-state index is 12.0. The van der Waals surface area contributed by atoms with Gasteiger partial charge >= 0.3 is 6.03 Å². The zero-order valence-corrected chi connectivity index (χ0v) is 16.7. The van der Waals surface area contributed by atoms with E-state index in [0.717, 1.165) is 5.69 Å². The molecule has 4 aromatic rings. The van der Waals surface area contributed by atoms with Crippen molar-refractivity contribution in [2.45, 2.75) is 0 Å². The van der Waals surface area contributed by atoms with Gasteiger partial charge in [0, 0.05) is 25.3 Å². The highest BCUT2D eigenvalue weighted by molar-refractivity contribution is 5.88. The van der Waals surface area contributed by atoms with Crippen molar-refractivity contribution in [1.29, 1.82) is 0 Å². The number of carbonyl (C=O) groups is 1. The van der Waals surface area contributed by atoms with Crippen molar-refractivity contribution in [2.24, 2.45) is 0 Å². The minimum Gasteiger partial charge on any atom is -0.502 e. The van der Waals surface area contributed by atoms with E-state index in [-0.39, 0.29) is 17.5 Å². The van der Waals surface area contributed by atoms with Gasteiger partial charge < -0.3 is 19.7 Å². The summed E-state index contributed by atoms with van der Waals surface area (Å²) in [5.74, 6) is -0.140. The summed E-state index contributed by atoms with van der Waals surface area (Å²) in [4.78, 5) is 24.6. The molecule has 0 aliphatic heterocycles. The number of benzene rings is 3. The second-order valence-electron chi connectivity index (χ2n) is 6.66. The van der Waals surface area contributed by atoms with Gasteiger partial charge in [-0.05, 0) is 24.3 Å². The van der Waals surface area contributed by atoms with Gasteiger partial charge in [0.1, 0.15) is 5.58 Å². The molecule has 3 aromatic carbocycles. The van der Waals surface area contributed by atoms with Gasteiger partial charge in [0.2, 0.25) is 11.2 Å². The molecule has 0 unspecified atom stereocenters. The maximum Gasteiger partial charge on any atom is 0.321 e. The van der Waals surface area contributed by atoms with Crippen LogP contribution >= 0.6 is 0 Å². The van der Waals surface area contributed by atoms with Crippen molar-refractivity contribution >= 4 is 22.7 Å². The summed E-state index contributed by atoms with van der Waals surface area (Å²) in [6, 6.07) is 25.2. The monoisotopic (exact) mass is 402 g/mol. The molecule has 152 valence electrons. The van der Waals surface area contributed by atoms with Crippen molar-refractivity contribution in [3.63, 3.8) is 0 Å². The van der Waals surface area contributed by atoms with Gasteiger partial charge in [-0.2, -0.15) is 0 Å². The Morgan fingerprint density at radius 2 is 1.43 bits per heavy atom. The summed E-state index contributed by atoms with van der Waals surface area (Å²) in [5.41, 5.74) is 1.56. The molecule has 0 atom stereocenters. The number of nitrogens with zero attached hydrogens (tertiary/aromatic N) is 1. The summed E-state index contributed by atoms with van der Waals surface area (Å²) in [6.45, 7) is 0. The third-order valence-electron chi connectivity index (χ3n) is 4.24. The third kappa shape index (κ3) is 4.86. The van der Waals surface area contributed by atoms with Crippen molar-refractivity contribution in [3.8, 4) is 17.1 Å². The van der Waals surface area contributed by atoms with Crippen molar-refractivity contribution in [1.82, 2.24) is 4.90 Å². The molecule has 1 heterocycles. The highest BCUT2D eigenvalue weighted by Crippen LogP contribution is 2.29. The molecule has 0 aliphatic carbocycles. The molecular formula is C24H22N2O4. The van der Waals surface area contributed by atoms with E-state index in [9.17, 15) is 14.7 Å². The number of nitrogens with one attached hydrogen (secondary N) is 1. The van der Waals surface area contributed by atoms with E-state index in [1.807, 2.05) is 48.5 Å². The number of urea groups is 1. The number of hydrogen-bond acceptors (Lipinski definition) is 4. The molecule has 2 N–H and O–H groups in total. The van der Waals surface area contributed by atoms with Gasteiger partial charge in [0.15, 0.2) is 5.76 Å². The molecule has 1 aromatic heterocycles. The first-order valence-electron chi connectivity index (χ1n) is 9.31. The van der Waals surface area contributed by atoms with Gasteiger partial charge in [-0.25, -0.2) is 4.79 Å². The predicted octanol–water partition coefficient (Wildman–Crippen LogP) is 4.95. The number of para-hydroxylation sites is 2. The van der Waals surface area contributed by atoms with E-state index < -0.39 is 5.43 Å². The van der Waals surface area contributed by atoms with Crippen LogP contribution in [0.15, 0.2) is 94.1 Å². The molecule has 6 heteroatoms. The summed E-state index contributed by atoms with van der Waals surface area (Å²) >= 11 is 0. The molecule has 0 spiro atoms. The van der Waals surface area contributed by atoms with Gasteiger partial charge in [0.05, 0.1) is 5.39 Å². The highest BCUT2D eigenvalue weighted by Gasteiger charge is 2.14. The summed E-state index contributed by atoms with van der Waals surface area (Å²) in [7, 11) is 3.41. The van der Waals surface area contributed by atoms with Crippen LogP contribution in [0.25, 0.3) is 22.3 Å². The first kappa shape index (κ1) is 20.7. The van der Waals surface area contributed by atoms with Gasteiger partial charge in [0.25, 0.3) is 0 Å². The molecule has 2 amide bonds. The molecule has 0 bridgehead atoms. The van der Waals surface area contributed by atoms with Crippen LogP contribution in [0.5, 0.6) is 5.75 Å². The van der Waals surface area contributed by atoms with Crippen LogP contribution in [0.3, 0.4) is 0 Å². The minimum absolute atomic E-state index is 0.110. The maximum absolute atomic E-state index is 12.0. The Morgan fingerprint density at radius 1 is 0.867 bits per heavy atom. The lowest BCUT2D eigenvalue weighted by molar-refractivity contribution is 0.230. The van der Waals surface area contributed by atoms with E-state index in [2.05, 4.69) is 5.32 Å². The van der Waals surface area contributed by atoms with E-state index in [1.54, 1.807) is 50.5 Å². The van der Waals surface area contributed by atoms with E-state index in [4.69, 9.17) is 4.42 Å². The first-order valence-corrected chi connectivity index (χ1v) is 9.31. The Balaban J connectivity index is 0.000000187. The topological polar surface area (TPSA) is 82.8 Å². The zero-order valence-electron chi connectivity index (χ0n) is 16.7. The molecular weight excluding hydrogens is 380 g/mol. The van der Waals surface area contributed by atoms with Crippen LogP contribution in [-0.2, 0) is 0 Å². The Labute approximate surface area is 174 Å². The Bertz CT molecular complexity index is 1190. The Kier molecular flexibility index (Phi) is 6.49. The number of carbonyl (C=O) groups excluding carboxylic acids is 1. The van der Waals surface area contributed by atoms with Gasteiger partial charge in [-0.1, -0.05) is 60.7 Å². The SMILES string of the molecule is CN(C)C(=O)Nc1ccccc1.O=c1c(O)c(-c2ccccc2)oc2ccccc12. The van der Waals surface area contributed by atoms with E-state index >= 15 is 0 Å². The van der Waals surface area contributed by atoms with Gasteiger partial charge in [-0.3, -0.25) is 4.79 Å². The van der Waals surface area contributed by atoms with Crippen molar-refractivity contribution in [2.75, 3.05) is 19.4 Å². The molecule has 0 aliphatic rings. The number of hydrogen-bond donors (Lipinski definition) is 2. The van der Waals surface area contributed by atoms with Crippen LogP contribution in [0.1, 0.15) is 0 Å². The van der Waals surface area contributed by atoms with Crippen molar-refractivity contribution in [3.05, 3.63) is 95.2 Å². The third-order valence-corrected chi connectivity index (χ3v) is 4.24. The largest absolute Gasteiger partial charge is 0.502 e. The summed E-state index contributed by atoms with van der Waals surface area (Å²) < 4.78 is 5.61. The van der Waals surface area contributed by atoms with Crippen LogP contribution in [0.4, 0.5) is 10.5 Å². The quantitative estimate of drug-likeness (QED) is 0.497. The Morgan fingerprint density at radius 3 is 2.07 bits per heavy atom. The lowest BCUT2D eigenvalue weighted by atomic mass is 10.1. The van der Waals surface area contributed by atoms with Gasteiger partial charge in [-0.15, -0.1) is 0 Å². The molecule has 4 rings (SSSR count). The fourth-order valence-corrected chi connectivity index (χ4v) is 2.67. The molecule has 0 saturated heterocycles. The second kappa shape index (κ2) is 9.43. The zero-order chi connectivity index (χ0) is 21.5. The normalized spacial score (nSPS) is 10.1. The standard InChI is InChI=1S/C15H10O3.C9H12N2O/c16-13-11-8-4-5-9-12(11)18-15(14(13)17)10-6-2-1-3-7-10;1-11(2)9(12)10-8-6-4-3-5-7-8/h1-9,17H;3-7H,1-2H3,(H,10,12). The average Bonchev–Trinajstić information content (AvgIpc) is 2.78. The molecule has 0 fully saturated rings. The fourth-order valence-electron chi connectivity index (χ4n) is 2.67. The first-order chi connectivity index (χ1) is 14.5. The van der Waals surface area contributed by atoms with Crippen LogP contribution in [-0.4, -0.2) is 30.1 Å². The number of anilines is 1. The summed E-state index contributed by atoms with van der Waals surface area (Å²) in [6.07, 6.45) is 0. The number of amides is 2. The summed E-state index contributed by atoms with van der Waals surface area (Å²) in [5, 5.41) is 13.1. The Hall–Kier alpha value is -4.06. The van der Waals surface area contributed by atoms with Crippen LogP contribution < -0.4 is 10.7 Å². The van der Waals surface area contributed by atoms with Crippen LogP contribution in [0, 0.1) is 0 Å².